The van der Waals surface area contributed by atoms with E-state index < -0.39 is 0 Å². The molecule has 0 aromatic heterocycles. The average Bonchev–Trinajstić information content (AvgIpc) is 3.29. The van der Waals surface area contributed by atoms with Crippen molar-refractivity contribution >= 4 is 23.1 Å². The molecule has 8 nitrogen and oxygen atoms in total. The van der Waals surface area contributed by atoms with Crippen molar-refractivity contribution in [3.8, 4) is 23.0 Å². The first-order valence-electron chi connectivity index (χ1n) is 26.9. The first kappa shape index (κ1) is 57.7. The van der Waals surface area contributed by atoms with Gasteiger partial charge < -0.3 is 18.9 Å². The van der Waals surface area contributed by atoms with Crippen LogP contribution in [0.15, 0.2) is 48.5 Å². The van der Waals surface area contributed by atoms with Crippen molar-refractivity contribution < 1.29 is 38.1 Å². The summed E-state index contributed by atoms with van der Waals surface area (Å²) in [5, 5.41) is 0. The van der Waals surface area contributed by atoms with Crippen LogP contribution < -0.4 is 18.9 Å². The number of hydrogen-bond donors (Lipinski definition) is 0. The molecular formula is C64H88O8. The highest BCUT2D eigenvalue weighted by atomic mass is 16.5. The van der Waals surface area contributed by atoms with Gasteiger partial charge in [0, 0.05) is 77.0 Å². The number of ketones is 4. The molecule has 0 saturated carbocycles. The fourth-order valence-corrected chi connectivity index (χ4v) is 9.14. The Labute approximate surface area is 433 Å². The van der Waals surface area contributed by atoms with Crippen LogP contribution in [0.25, 0.3) is 0 Å². The van der Waals surface area contributed by atoms with Crippen molar-refractivity contribution in [2.24, 2.45) is 0 Å². The molecule has 1 aliphatic rings. The molecule has 5 rings (SSSR count). The average molecular weight is 985 g/mol. The van der Waals surface area contributed by atoms with Crippen molar-refractivity contribution in [3.05, 3.63) is 115 Å². The minimum absolute atomic E-state index is 0.136. The second-order valence-corrected chi connectivity index (χ2v) is 24.2. The molecule has 4 aromatic carbocycles. The second-order valence-electron chi connectivity index (χ2n) is 24.2. The van der Waals surface area contributed by atoms with Gasteiger partial charge in [0.25, 0.3) is 0 Å². The van der Waals surface area contributed by atoms with Crippen LogP contribution in [0.5, 0.6) is 23.0 Å². The smallest absolute Gasteiger partial charge is 0.136 e. The van der Waals surface area contributed by atoms with E-state index in [4.69, 9.17) is 18.9 Å². The molecule has 0 atom stereocenters. The largest absolute Gasteiger partial charge is 0.493 e. The van der Waals surface area contributed by atoms with Gasteiger partial charge in [-0.15, -0.1) is 0 Å². The van der Waals surface area contributed by atoms with Gasteiger partial charge in [-0.2, -0.15) is 0 Å². The minimum atomic E-state index is -0.247. The Morgan fingerprint density at radius 2 is 0.472 bits per heavy atom. The summed E-state index contributed by atoms with van der Waals surface area (Å²) in [6, 6.07) is 18.1. The lowest BCUT2D eigenvalue weighted by atomic mass is 9.79. The molecule has 8 heteroatoms. The highest BCUT2D eigenvalue weighted by Crippen LogP contribution is 2.44. The molecule has 0 heterocycles. The summed E-state index contributed by atoms with van der Waals surface area (Å²) in [5.74, 6) is 3.49. The van der Waals surface area contributed by atoms with Crippen molar-refractivity contribution in [1.29, 1.82) is 0 Å². The summed E-state index contributed by atoms with van der Waals surface area (Å²) in [6.07, 6.45) is 4.68. The maximum atomic E-state index is 12.9. The lowest BCUT2D eigenvalue weighted by molar-refractivity contribution is -0.120. The van der Waals surface area contributed by atoms with E-state index in [1.165, 1.54) is 0 Å². The highest BCUT2D eigenvalue weighted by molar-refractivity contribution is 5.79. The number of rotatable bonds is 20. The van der Waals surface area contributed by atoms with E-state index in [9.17, 15) is 19.2 Å². The Hall–Kier alpha value is -5.24. The van der Waals surface area contributed by atoms with Crippen LogP contribution in [-0.2, 0) is 66.5 Å². The van der Waals surface area contributed by atoms with Crippen molar-refractivity contribution in [2.75, 3.05) is 26.4 Å². The van der Waals surface area contributed by atoms with E-state index in [1.54, 1.807) is 0 Å². The molecule has 0 amide bonds. The molecule has 0 N–H and O–H groups in total. The van der Waals surface area contributed by atoms with Crippen LogP contribution in [0.1, 0.15) is 229 Å². The summed E-state index contributed by atoms with van der Waals surface area (Å²) in [6.45, 7) is 35.2. The predicted octanol–water partition coefficient (Wildman–Crippen LogP) is 14.5. The third-order valence-electron chi connectivity index (χ3n) is 14.0. The number of carbonyl (C=O) groups is 4. The third-order valence-corrected chi connectivity index (χ3v) is 14.0. The molecule has 0 aliphatic heterocycles. The molecule has 0 spiro atoms. The minimum Gasteiger partial charge on any atom is -0.493 e. The topological polar surface area (TPSA) is 105 Å². The van der Waals surface area contributed by atoms with Crippen molar-refractivity contribution in [2.45, 2.75) is 209 Å². The number of ether oxygens (including phenoxy) is 4. The second kappa shape index (κ2) is 24.2. The number of benzene rings is 4. The zero-order valence-corrected chi connectivity index (χ0v) is 47.2. The summed E-state index contributed by atoms with van der Waals surface area (Å²) < 4.78 is 27.8. The number of Topliss-reactive ketones (excluding diaryl/α,β-unsaturated/α-hetero) is 4. The molecule has 0 radical (unpaired) electrons. The molecule has 0 unspecified atom stereocenters. The lowest BCUT2D eigenvalue weighted by Crippen LogP contribution is -2.18. The van der Waals surface area contributed by atoms with Crippen LogP contribution in [0.4, 0.5) is 0 Å². The van der Waals surface area contributed by atoms with E-state index >= 15 is 0 Å². The Kier molecular flexibility index (Phi) is 19.4. The van der Waals surface area contributed by atoms with Gasteiger partial charge in [-0.1, -0.05) is 159 Å². The quantitative estimate of drug-likeness (QED) is 0.0759. The van der Waals surface area contributed by atoms with Gasteiger partial charge in [0.2, 0.25) is 0 Å². The molecule has 0 saturated heterocycles. The molecule has 0 fully saturated rings. The first-order chi connectivity index (χ1) is 33.7. The maximum Gasteiger partial charge on any atom is 0.136 e. The fourth-order valence-electron chi connectivity index (χ4n) is 9.14. The van der Waals surface area contributed by atoms with E-state index in [1.807, 2.05) is 27.7 Å². The fraction of sp³-hybridized carbons (Fsp3) is 0.562. The Bertz CT molecular complexity index is 2130. The predicted molar refractivity (Wildman–Crippen MR) is 293 cm³/mol. The van der Waals surface area contributed by atoms with E-state index in [0.29, 0.717) is 51.4 Å². The molecule has 4 aromatic rings. The Morgan fingerprint density at radius 1 is 0.319 bits per heavy atom. The van der Waals surface area contributed by atoms with Crippen LogP contribution in [0.2, 0.25) is 0 Å². The molecule has 72 heavy (non-hydrogen) atoms. The number of hydrogen-bond acceptors (Lipinski definition) is 8. The van der Waals surface area contributed by atoms with Crippen molar-refractivity contribution in [1.82, 2.24) is 0 Å². The lowest BCUT2D eigenvalue weighted by Gasteiger charge is -2.29. The SMILES string of the molecule is CCC(=O)CCOc1c2cc(C(C)(C)C)cc1Cc1cc(C(C)(C)C)cc(c1OCCC(=O)CC)Cc1cc(C(C)(C)C)cc(c1OCCC(=O)CC)Cc1cc(C(C)(C)C)cc(c1OCCC(=O)CC)C2. The third kappa shape index (κ3) is 15.4. The molecule has 8 bridgehead atoms. The van der Waals surface area contributed by atoms with Gasteiger partial charge in [0.15, 0.2) is 0 Å². The zero-order valence-electron chi connectivity index (χ0n) is 47.2. The summed E-state index contributed by atoms with van der Waals surface area (Å²) in [4.78, 5) is 51.6. The van der Waals surface area contributed by atoms with E-state index in [2.05, 4.69) is 132 Å². The molecular weight excluding hydrogens is 897 g/mol. The maximum absolute atomic E-state index is 12.9. The standard InChI is InChI=1S/C64H88O8/c1-17-53(65)21-25-69-57-41-29-43-35-50(62(8,9)10)37-45(58(43)70-26-22-54(66)18-2)31-47-39-52(64(14,15)16)40-48(60(47)72-28-24-56(68)20-4)32-46-38-51(63(11,12)13)36-44(59(46)71-27-23-55(67)19-3)30-42(57)34-49(33-41)61(5,6)7/h33-40H,17-32H2,1-16H3. The normalized spacial score (nSPS) is 13.1. The van der Waals surface area contributed by atoms with E-state index in [0.717, 1.165) is 89.8 Å². The Morgan fingerprint density at radius 3 is 0.597 bits per heavy atom. The highest BCUT2D eigenvalue weighted by Gasteiger charge is 2.30. The van der Waals surface area contributed by atoms with Gasteiger partial charge in [-0.3, -0.25) is 19.2 Å². The number of fused-ring (bicyclic) bond motifs is 8. The van der Waals surface area contributed by atoms with Crippen LogP contribution >= 0.6 is 0 Å². The van der Waals surface area contributed by atoms with Crippen LogP contribution in [0, 0.1) is 0 Å². The van der Waals surface area contributed by atoms with Gasteiger partial charge in [-0.05, 0) is 88.4 Å². The van der Waals surface area contributed by atoms with Crippen LogP contribution in [-0.4, -0.2) is 49.6 Å². The number of carbonyl (C=O) groups excluding carboxylic acids is 4. The Balaban J connectivity index is 2.02. The van der Waals surface area contributed by atoms with Gasteiger partial charge in [0.05, 0.1) is 26.4 Å². The van der Waals surface area contributed by atoms with Crippen molar-refractivity contribution in [3.63, 3.8) is 0 Å². The molecule has 1 aliphatic carbocycles. The zero-order chi connectivity index (χ0) is 53.3. The monoisotopic (exact) mass is 985 g/mol. The van der Waals surface area contributed by atoms with Gasteiger partial charge in [-0.25, -0.2) is 0 Å². The van der Waals surface area contributed by atoms with Gasteiger partial charge in [0.1, 0.15) is 46.1 Å². The van der Waals surface area contributed by atoms with Crippen LogP contribution in [0.3, 0.4) is 0 Å². The van der Waals surface area contributed by atoms with Gasteiger partial charge >= 0.3 is 0 Å². The summed E-state index contributed by atoms with van der Waals surface area (Å²) in [5.41, 5.74) is 11.4. The summed E-state index contributed by atoms with van der Waals surface area (Å²) in [7, 11) is 0. The van der Waals surface area contributed by atoms with E-state index in [-0.39, 0.29) is 96.9 Å². The first-order valence-corrected chi connectivity index (χ1v) is 26.9. The summed E-state index contributed by atoms with van der Waals surface area (Å²) >= 11 is 0. The molecule has 392 valence electrons.